The van der Waals surface area contributed by atoms with Crippen molar-refractivity contribution in [1.29, 1.82) is 0 Å². The fourth-order valence-corrected chi connectivity index (χ4v) is 2.06. The monoisotopic (exact) mass is 251 g/mol. The fourth-order valence-electron chi connectivity index (χ4n) is 2.06. The molecule has 2 atom stereocenters. The Hall–Kier alpha value is -1.82. The minimum Gasteiger partial charge on any atom is -0.478 e. The van der Waals surface area contributed by atoms with Crippen molar-refractivity contribution in [3.63, 3.8) is 0 Å². The second-order valence-electron chi connectivity index (χ2n) is 4.48. The molecule has 0 aromatic carbocycles. The predicted molar refractivity (Wildman–Crippen MR) is 67.6 cm³/mol. The normalized spacial score (nSPS) is 20.6. The number of nitrogens with one attached hydrogen (secondary N) is 1. The van der Waals surface area contributed by atoms with Crippen molar-refractivity contribution >= 4 is 17.5 Å². The van der Waals surface area contributed by atoms with E-state index in [1.54, 1.807) is 0 Å². The Balaban J connectivity index is 2.13. The highest BCUT2D eigenvalue weighted by Crippen LogP contribution is 2.24. The molecule has 6 heteroatoms. The summed E-state index contributed by atoms with van der Waals surface area (Å²) in [5, 5.41) is 12.1. The van der Waals surface area contributed by atoms with Gasteiger partial charge in [-0.25, -0.2) is 9.78 Å². The number of pyridine rings is 1. The van der Waals surface area contributed by atoms with Crippen molar-refractivity contribution in [2.75, 3.05) is 24.3 Å². The molecule has 2 unspecified atom stereocenters. The zero-order valence-electron chi connectivity index (χ0n) is 10.2. The lowest BCUT2D eigenvalue weighted by Gasteiger charge is -2.21. The van der Waals surface area contributed by atoms with Crippen LogP contribution in [0.15, 0.2) is 12.3 Å². The van der Waals surface area contributed by atoms with E-state index >= 15 is 0 Å². The molecule has 1 aromatic rings. The van der Waals surface area contributed by atoms with Crippen LogP contribution < -0.4 is 11.1 Å². The SMILES string of the molecule is CC(Nc1nccc(C(=O)O)c1N)C1CCOC1. The van der Waals surface area contributed by atoms with E-state index in [1.807, 2.05) is 6.92 Å². The number of hydrogen-bond donors (Lipinski definition) is 3. The van der Waals surface area contributed by atoms with E-state index in [0.717, 1.165) is 13.0 Å². The molecule has 2 heterocycles. The summed E-state index contributed by atoms with van der Waals surface area (Å²) in [6.07, 6.45) is 2.44. The number of carboxylic acid groups (broad SMARTS) is 1. The van der Waals surface area contributed by atoms with Gasteiger partial charge in [-0.1, -0.05) is 0 Å². The molecule has 4 N–H and O–H groups in total. The Bertz CT molecular complexity index is 444. The fraction of sp³-hybridized carbons (Fsp3) is 0.500. The van der Waals surface area contributed by atoms with Crippen LogP contribution in [0.5, 0.6) is 0 Å². The van der Waals surface area contributed by atoms with Gasteiger partial charge >= 0.3 is 5.97 Å². The van der Waals surface area contributed by atoms with E-state index in [9.17, 15) is 4.79 Å². The highest BCUT2D eigenvalue weighted by molar-refractivity contribution is 5.96. The number of carboxylic acids is 1. The molecule has 1 aliphatic heterocycles. The summed E-state index contributed by atoms with van der Waals surface area (Å²) in [7, 11) is 0. The third-order valence-electron chi connectivity index (χ3n) is 3.26. The maximum atomic E-state index is 11.0. The number of nitrogens with two attached hydrogens (primary N) is 1. The van der Waals surface area contributed by atoms with Crippen LogP contribution in [0.1, 0.15) is 23.7 Å². The molecule has 0 bridgehead atoms. The molecule has 98 valence electrons. The van der Waals surface area contributed by atoms with E-state index < -0.39 is 5.97 Å². The van der Waals surface area contributed by atoms with Crippen molar-refractivity contribution in [2.45, 2.75) is 19.4 Å². The summed E-state index contributed by atoms with van der Waals surface area (Å²) in [6, 6.07) is 1.54. The van der Waals surface area contributed by atoms with Crippen LogP contribution in [0.3, 0.4) is 0 Å². The van der Waals surface area contributed by atoms with Crippen molar-refractivity contribution < 1.29 is 14.6 Å². The van der Waals surface area contributed by atoms with Gasteiger partial charge in [0.05, 0.1) is 17.9 Å². The molecule has 18 heavy (non-hydrogen) atoms. The first-order valence-electron chi connectivity index (χ1n) is 5.91. The standard InChI is InChI=1S/C12H17N3O3/c1-7(8-3-5-18-6-8)15-11-10(13)9(12(16)17)2-4-14-11/h2,4,7-8H,3,5-6,13H2,1H3,(H,14,15)(H,16,17). The second kappa shape index (κ2) is 5.22. The molecule has 0 spiro atoms. The zero-order chi connectivity index (χ0) is 13.1. The Morgan fingerprint density at radius 3 is 3.11 bits per heavy atom. The van der Waals surface area contributed by atoms with Gasteiger partial charge in [-0.15, -0.1) is 0 Å². The Morgan fingerprint density at radius 2 is 2.50 bits per heavy atom. The molecule has 1 aliphatic rings. The Labute approximate surface area is 105 Å². The Kier molecular flexibility index (Phi) is 3.66. The number of aromatic carboxylic acids is 1. The van der Waals surface area contributed by atoms with E-state index in [4.69, 9.17) is 15.6 Å². The van der Waals surface area contributed by atoms with Crippen LogP contribution in [-0.2, 0) is 4.74 Å². The molecule has 6 nitrogen and oxygen atoms in total. The molecule has 0 amide bonds. The molecule has 1 aromatic heterocycles. The number of rotatable bonds is 4. The van der Waals surface area contributed by atoms with Crippen molar-refractivity contribution in [3.05, 3.63) is 17.8 Å². The average Bonchev–Trinajstić information content (AvgIpc) is 2.85. The molecule has 0 radical (unpaired) electrons. The number of ether oxygens (including phenoxy) is 1. The average molecular weight is 251 g/mol. The van der Waals surface area contributed by atoms with E-state index in [0.29, 0.717) is 18.3 Å². The molecule has 0 saturated carbocycles. The van der Waals surface area contributed by atoms with Crippen molar-refractivity contribution in [3.8, 4) is 0 Å². The summed E-state index contributed by atoms with van der Waals surface area (Å²) in [6.45, 7) is 3.51. The smallest absolute Gasteiger partial charge is 0.337 e. The number of anilines is 2. The maximum Gasteiger partial charge on any atom is 0.337 e. The van der Waals surface area contributed by atoms with E-state index in [2.05, 4.69) is 10.3 Å². The highest BCUT2D eigenvalue weighted by Gasteiger charge is 2.23. The lowest BCUT2D eigenvalue weighted by Crippen LogP contribution is -2.27. The number of nitrogen functional groups attached to an aromatic ring is 1. The Morgan fingerprint density at radius 1 is 1.72 bits per heavy atom. The van der Waals surface area contributed by atoms with Crippen LogP contribution in [0.25, 0.3) is 0 Å². The summed E-state index contributed by atoms with van der Waals surface area (Å²) in [4.78, 5) is 15.1. The maximum absolute atomic E-state index is 11.0. The minimum atomic E-state index is -1.05. The molecular formula is C12H17N3O3. The van der Waals surface area contributed by atoms with Gasteiger partial charge in [0.1, 0.15) is 5.82 Å². The number of carbonyl (C=O) groups is 1. The molecule has 2 rings (SSSR count). The highest BCUT2D eigenvalue weighted by atomic mass is 16.5. The van der Waals surface area contributed by atoms with Crippen molar-refractivity contribution in [2.24, 2.45) is 5.92 Å². The van der Waals surface area contributed by atoms with Gasteiger partial charge < -0.3 is 20.9 Å². The first-order valence-corrected chi connectivity index (χ1v) is 5.91. The van der Waals surface area contributed by atoms with Gasteiger partial charge in [0.2, 0.25) is 0 Å². The molecule has 0 aliphatic carbocycles. The molecule has 1 saturated heterocycles. The van der Waals surface area contributed by atoms with Gasteiger partial charge in [-0.05, 0) is 19.4 Å². The topological polar surface area (TPSA) is 97.5 Å². The summed E-state index contributed by atoms with van der Waals surface area (Å²) >= 11 is 0. The predicted octanol–water partition coefficient (Wildman–Crippen LogP) is 1.20. The van der Waals surface area contributed by atoms with Crippen molar-refractivity contribution in [1.82, 2.24) is 4.98 Å². The van der Waals surface area contributed by atoms with Crippen LogP contribution in [0.4, 0.5) is 11.5 Å². The largest absolute Gasteiger partial charge is 0.478 e. The summed E-state index contributed by atoms with van der Waals surface area (Å²) in [5.41, 5.74) is 6.04. The summed E-state index contributed by atoms with van der Waals surface area (Å²) in [5.74, 6) is -0.219. The quantitative estimate of drug-likeness (QED) is 0.744. The summed E-state index contributed by atoms with van der Waals surface area (Å²) < 4.78 is 5.32. The van der Waals surface area contributed by atoms with Gasteiger partial charge in [0.15, 0.2) is 0 Å². The minimum absolute atomic E-state index is 0.0716. The lowest BCUT2D eigenvalue weighted by molar-refractivity contribution is 0.0698. The lowest BCUT2D eigenvalue weighted by atomic mass is 10.0. The third-order valence-corrected chi connectivity index (χ3v) is 3.26. The van der Waals surface area contributed by atoms with Crippen LogP contribution >= 0.6 is 0 Å². The van der Waals surface area contributed by atoms with Crippen LogP contribution in [0, 0.1) is 5.92 Å². The van der Waals surface area contributed by atoms with E-state index in [-0.39, 0.29) is 17.3 Å². The molecule has 1 fully saturated rings. The van der Waals surface area contributed by atoms with Gasteiger partial charge in [0, 0.05) is 24.8 Å². The first-order chi connectivity index (χ1) is 8.59. The number of nitrogens with zero attached hydrogens (tertiary/aromatic N) is 1. The second-order valence-corrected chi connectivity index (χ2v) is 4.48. The zero-order valence-corrected chi connectivity index (χ0v) is 10.2. The van der Waals surface area contributed by atoms with Gasteiger partial charge in [-0.3, -0.25) is 0 Å². The van der Waals surface area contributed by atoms with Crippen LogP contribution in [-0.4, -0.2) is 35.3 Å². The molecular weight excluding hydrogens is 234 g/mol. The van der Waals surface area contributed by atoms with E-state index in [1.165, 1.54) is 12.3 Å². The third kappa shape index (κ3) is 2.53. The number of aromatic nitrogens is 1. The first kappa shape index (κ1) is 12.6. The van der Waals surface area contributed by atoms with Gasteiger partial charge in [-0.2, -0.15) is 0 Å². The van der Waals surface area contributed by atoms with Crippen LogP contribution in [0.2, 0.25) is 0 Å². The number of hydrogen-bond acceptors (Lipinski definition) is 5. The van der Waals surface area contributed by atoms with Gasteiger partial charge in [0.25, 0.3) is 0 Å².